The van der Waals surface area contributed by atoms with E-state index >= 15 is 0 Å². The molecular formula is C12H10ClF2NO. The largest absolute Gasteiger partial charge is 0.235 e. The third-order valence-electron chi connectivity index (χ3n) is 3.20. The molecule has 0 saturated heterocycles. The molecule has 1 aliphatic rings. The van der Waals surface area contributed by atoms with E-state index in [1.165, 1.54) is 6.08 Å². The van der Waals surface area contributed by atoms with Crippen LogP contribution >= 0.6 is 11.6 Å². The maximum atomic E-state index is 13.9. The molecule has 0 aliphatic heterocycles. The van der Waals surface area contributed by atoms with Crippen LogP contribution in [0.15, 0.2) is 17.1 Å². The molecule has 1 saturated carbocycles. The van der Waals surface area contributed by atoms with E-state index in [-0.39, 0.29) is 10.6 Å². The average molecular weight is 258 g/mol. The number of hydrogen-bond donors (Lipinski definition) is 0. The van der Waals surface area contributed by atoms with Crippen molar-refractivity contribution in [3.63, 3.8) is 0 Å². The smallest absolute Gasteiger partial charge is 0.211 e. The van der Waals surface area contributed by atoms with Crippen molar-refractivity contribution < 1.29 is 13.6 Å². The minimum absolute atomic E-state index is 0.159. The summed E-state index contributed by atoms with van der Waals surface area (Å²) in [4.78, 5) is 14.1. The highest BCUT2D eigenvalue weighted by molar-refractivity contribution is 6.30. The Morgan fingerprint density at radius 2 is 1.94 bits per heavy atom. The third-order valence-corrected chi connectivity index (χ3v) is 3.49. The molecule has 0 amide bonds. The van der Waals surface area contributed by atoms with Crippen molar-refractivity contribution in [1.29, 1.82) is 0 Å². The summed E-state index contributed by atoms with van der Waals surface area (Å²) in [7, 11) is 0. The minimum Gasteiger partial charge on any atom is -0.211 e. The Kier molecular flexibility index (Phi) is 3.27. The fourth-order valence-electron chi connectivity index (χ4n) is 2.42. The highest BCUT2D eigenvalue weighted by atomic mass is 35.5. The van der Waals surface area contributed by atoms with Gasteiger partial charge in [0.1, 0.15) is 17.2 Å². The molecular weight excluding hydrogens is 248 g/mol. The van der Waals surface area contributed by atoms with Gasteiger partial charge in [-0.25, -0.2) is 13.6 Å². The van der Waals surface area contributed by atoms with Crippen molar-refractivity contribution in [2.75, 3.05) is 0 Å². The van der Waals surface area contributed by atoms with Crippen LogP contribution in [-0.4, -0.2) is 6.08 Å². The summed E-state index contributed by atoms with van der Waals surface area (Å²) >= 11 is 5.64. The van der Waals surface area contributed by atoms with E-state index in [0.29, 0.717) is 12.8 Å². The van der Waals surface area contributed by atoms with Gasteiger partial charge in [-0.2, -0.15) is 4.99 Å². The molecule has 1 aliphatic carbocycles. The monoisotopic (exact) mass is 257 g/mol. The minimum atomic E-state index is -1.12. The fraction of sp³-hybridized carbons (Fsp3) is 0.417. The lowest BCUT2D eigenvalue weighted by Gasteiger charge is -2.24. The Balaban J connectivity index is 2.65. The van der Waals surface area contributed by atoms with E-state index in [2.05, 4.69) is 4.99 Å². The van der Waals surface area contributed by atoms with Gasteiger partial charge in [-0.05, 0) is 25.0 Å². The van der Waals surface area contributed by atoms with Crippen molar-refractivity contribution in [2.24, 2.45) is 4.99 Å². The van der Waals surface area contributed by atoms with E-state index < -0.39 is 17.2 Å². The lowest BCUT2D eigenvalue weighted by molar-refractivity contribution is 0.404. The van der Waals surface area contributed by atoms with E-state index in [4.69, 9.17) is 11.6 Å². The molecule has 0 N–H and O–H groups in total. The van der Waals surface area contributed by atoms with Crippen LogP contribution in [0, 0.1) is 11.6 Å². The molecule has 5 heteroatoms. The van der Waals surface area contributed by atoms with Gasteiger partial charge in [-0.1, -0.05) is 24.4 Å². The molecule has 17 heavy (non-hydrogen) atoms. The highest BCUT2D eigenvalue weighted by Crippen LogP contribution is 2.45. The predicted molar refractivity (Wildman–Crippen MR) is 59.6 cm³/mol. The second-order valence-corrected chi connectivity index (χ2v) is 4.57. The van der Waals surface area contributed by atoms with E-state index in [9.17, 15) is 13.6 Å². The SMILES string of the molecule is O=C=NC1(c2c(F)ccc(Cl)c2F)CCCC1. The molecule has 0 atom stereocenters. The molecule has 0 bridgehead atoms. The van der Waals surface area contributed by atoms with Crippen molar-refractivity contribution in [3.8, 4) is 0 Å². The van der Waals surface area contributed by atoms with Crippen LogP contribution in [0.3, 0.4) is 0 Å². The summed E-state index contributed by atoms with van der Waals surface area (Å²) in [6.45, 7) is 0. The molecule has 0 unspecified atom stereocenters. The van der Waals surface area contributed by atoms with Crippen molar-refractivity contribution in [1.82, 2.24) is 0 Å². The molecule has 2 rings (SSSR count). The predicted octanol–water partition coefficient (Wildman–Crippen LogP) is 3.72. The van der Waals surface area contributed by atoms with Gasteiger partial charge in [-0.15, -0.1) is 0 Å². The van der Waals surface area contributed by atoms with Gasteiger partial charge in [0.25, 0.3) is 0 Å². The van der Waals surface area contributed by atoms with Crippen molar-refractivity contribution >= 4 is 17.7 Å². The number of benzene rings is 1. The molecule has 2 nitrogen and oxygen atoms in total. The summed E-state index contributed by atoms with van der Waals surface area (Å²) in [6, 6.07) is 2.25. The molecule has 90 valence electrons. The maximum absolute atomic E-state index is 13.9. The van der Waals surface area contributed by atoms with Crippen LogP contribution in [0.5, 0.6) is 0 Å². The summed E-state index contributed by atoms with van der Waals surface area (Å²) in [5, 5.41) is -0.159. The molecule has 0 aromatic heterocycles. The third kappa shape index (κ3) is 1.99. The zero-order valence-electron chi connectivity index (χ0n) is 8.97. The van der Waals surface area contributed by atoms with Crippen molar-refractivity contribution in [2.45, 2.75) is 31.2 Å². The quantitative estimate of drug-likeness (QED) is 0.451. The number of aliphatic imine (C=N–C) groups is 1. The van der Waals surface area contributed by atoms with Gasteiger partial charge in [0.05, 0.1) is 10.6 Å². The second-order valence-electron chi connectivity index (χ2n) is 4.16. The lowest BCUT2D eigenvalue weighted by atomic mass is 9.88. The average Bonchev–Trinajstić information content (AvgIpc) is 2.74. The topological polar surface area (TPSA) is 29.4 Å². The molecule has 1 aromatic carbocycles. The van der Waals surface area contributed by atoms with Crippen LogP contribution in [0.4, 0.5) is 8.78 Å². The Morgan fingerprint density at radius 1 is 1.29 bits per heavy atom. The van der Waals surface area contributed by atoms with E-state index in [0.717, 1.165) is 25.0 Å². The first kappa shape index (κ1) is 12.2. The standard InChI is InChI=1S/C12H10ClF2NO/c13-8-3-4-9(14)10(11(8)15)12(16-7-17)5-1-2-6-12/h3-4H,1-2,5-6H2. The molecule has 1 fully saturated rings. The van der Waals surface area contributed by atoms with Gasteiger partial charge in [0, 0.05) is 0 Å². The van der Waals surface area contributed by atoms with Gasteiger partial charge >= 0.3 is 0 Å². The van der Waals surface area contributed by atoms with Crippen LogP contribution in [-0.2, 0) is 10.3 Å². The van der Waals surface area contributed by atoms with Gasteiger partial charge in [0.2, 0.25) is 6.08 Å². The summed E-state index contributed by atoms with van der Waals surface area (Å²) < 4.78 is 27.7. The first-order chi connectivity index (χ1) is 8.10. The summed E-state index contributed by atoms with van der Waals surface area (Å²) in [6.07, 6.45) is 3.85. The van der Waals surface area contributed by atoms with Crippen molar-refractivity contribution in [3.05, 3.63) is 34.4 Å². The highest BCUT2D eigenvalue weighted by Gasteiger charge is 2.40. The number of rotatable bonds is 2. The van der Waals surface area contributed by atoms with E-state index in [1.54, 1.807) is 0 Å². The zero-order chi connectivity index (χ0) is 12.5. The fourth-order valence-corrected chi connectivity index (χ4v) is 2.58. The normalized spacial score (nSPS) is 17.8. The first-order valence-electron chi connectivity index (χ1n) is 5.34. The number of isocyanates is 1. The Labute approximate surface area is 102 Å². The molecule has 0 heterocycles. The van der Waals surface area contributed by atoms with E-state index in [1.807, 2.05) is 0 Å². The molecule has 0 spiro atoms. The van der Waals surface area contributed by atoms with Gasteiger partial charge in [-0.3, -0.25) is 0 Å². The number of halogens is 3. The van der Waals surface area contributed by atoms with Crippen LogP contribution in [0.2, 0.25) is 5.02 Å². The first-order valence-corrected chi connectivity index (χ1v) is 5.71. The number of carbonyl (C=O) groups excluding carboxylic acids is 1. The lowest BCUT2D eigenvalue weighted by Crippen LogP contribution is -2.22. The zero-order valence-corrected chi connectivity index (χ0v) is 9.73. The number of nitrogens with zero attached hydrogens (tertiary/aromatic N) is 1. The summed E-state index contributed by atoms with van der Waals surface area (Å²) in [5.41, 5.74) is -1.33. The van der Waals surface area contributed by atoms with Crippen LogP contribution in [0.25, 0.3) is 0 Å². The second kappa shape index (κ2) is 4.55. The van der Waals surface area contributed by atoms with Gasteiger partial charge < -0.3 is 0 Å². The Bertz CT molecular complexity index is 492. The molecule has 1 aromatic rings. The molecule has 0 radical (unpaired) electrons. The Morgan fingerprint density at radius 3 is 2.53 bits per heavy atom. The van der Waals surface area contributed by atoms with Gasteiger partial charge in [0.15, 0.2) is 0 Å². The maximum Gasteiger partial charge on any atom is 0.235 e. The Hall–Kier alpha value is -1.25. The number of hydrogen-bond acceptors (Lipinski definition) is 2. The van der Waals surface area contributed by atoms with Crippen LogP contribution < -0.4 is 0 Å². The van der Waals surface area contributed by atoms with Crippen LogP contribution in [0.1, 0.15) is 31.2 Å². The summed E-state index contributed by atoms with van der Waals surface area (Å²) in [5.74, 6) is -1.54.